The second-order valence-electron chi connectivity index (χ2n) is 11.4. The lowest BCUT2D eigenvalue weighted by Gasteiger charge is -2.30. The van der Waals surface area contributed by atoms with Gasteiger partial charge in [-0.15, -0.1) is 0 Å². The third-order valence-corrected chi connectivity index (χ3v) is 7.61. The van der Waals surface area contributed by atoms with Gasteiger partial charge >= 0.3 is 5.97 Å². The molecule has 182 valence electrons. The molecule has 0 amide bonds. The van der Waals surface area contributed by atoms with Gasteiger partial charge in [-0.05, 0) is 74.6 Å². The highest BCUT2D eigenvalue weighted by Crippen LogP contribution is 2.47. The predicted octanol–water partition coefficient (Wildman–Crippen LogP) is 4.73. The van der Waals surface area contributed by atoms with Gasteiger partial charge in [0.05, 0.1) is 16.6 Å². The van der Waals surface area contributed by atoms with Crippen LogP contribution in [0.2, 0.25) is 0 Å². The van der Waals surface area contributed by atoms with Crippen LogP contribution in [0.5, 0.6) is 5.88 Å². The number of cyclic esters (lactones) is 1. The third kappa shape index (κ3) is 3.89. The Labute approximate surface area is 204 Å². The number of carbonyl (C=O) groups excluding carboxylic acids is 1. The van der Waals surface area contributed by atoms with Gasteiger partial charge in [0.25, 0.3) is 0 Å². The summed E-state index contributed by atoms with van der Waals surface area (Å²) in [6, 6.07) is 5.54. The lowest BCUT2D eigenvalue weighted by molar-refractivity contribution is 0.0366. The standard InChI is InChI=1S/C27H31N5O3/c1-25(2)14-34-24(33)16-7-8-20(32-22(16)25)31-21-11-17-18(12-29-21)23(35-26(3)9-10-26)30-13-19(17)27(4,28)15-5-6-15/h7-8,11-13,15H,5-6,9-10,14,28H2,1-4H3,(H,29,31,32)/t27-/m1/s1. The predicted molar refractivity (Wildman–Crippen MR) is 133 cm³/mol. The Morgan fingerprint density at radius 3 is 2.60 bits per heavy atom. The maximum atomic E-state index is 12.2. The van der Waals surface area contributed by atoms with Crippen LogP contribution in [-0.4, -0.2) is 33.1 Å². The Hall–Kier alpha value is -3.26. The van der Waals surface area contributed by atoms with Gasteiger partial charge in [0.2, 0.25) is 5.88 Å². The van der Waals surface area contributed by atoms with Crippen molar-refractivity contribution in [3.8, 4) is 5.88 Å². The summed E-state index contributed by atoms with van der Waals surface area (Å²) in [4.78, 5) is 26.3. The van der Waals surface area contributed by atoms with Crippen LogP contribution in [0.3, 0.4) is 0 Å². The molecule has 3 aromatic heterocycles. The minimum atomic E-state index is -0.486. The normalized spacial score (nSPS) is 21.6. The molecular formula is C27H31N5O3. The molecule has 35 heavy (non-hydrogen) atoms. The van der Waals surface area contributed by atoms with Gasteiger partial charge in [0.15, 0.2) is 0 Å². The van der Waals surface area contributed by atoms with Crippen molar-refractivity contribution in [3.05, 3.63) is 47.4 Å². The molecule has 2 saturated carbocycles. The molecule has 3 N–H and O–H groups in total. The van der Waals surface area contributed by atoms with Crippen LogP contribution in [0.1, 0.15) is 75.0 Å². The Balaban J connectivity index is 1.41. The molecule has 0 unspecified atom stereocenters. The number of nitrogens with two attached hydrogens (primary N) is 1. The molecule has 2 fully saturated rings. The summed E-state index contributed by atoms with van der Waals surface area (Å²) in [5, 5.41) is 5.17. The average molecular weight is 474 g/mol. The summed E-state index contributed by atoms with van der Waals surface area (Å²) in [6.07, 6.45) is 7.97. The summed E-state index contributed by atoms with van der Waals surface area (Å²) in [5.74, 6) is 1.96. The zero-order chi connectivity index (χ0) is 24.6. The molecule has 2 aliphatic carbocycles. The molecule has 1 atom stereocenters. The first-order valence-electron chi connectivity index (χ1n) is 12.3. The van der Waals surface area contributed by atoms with E-state index in [4.69, 9.17) is 20.2 Å². The first kappa shape index (κ1) is 22.2. The summed E-state index contributed by atoms with van der Waals surface area (Å²) in [7, 11) is 0. The third-order valence-electron chi connectivity index (χ3n) is 7.61. The smallest absolute Gasteiger partial charge is 0.340 e. The van der Waals surface area contributed by atoms with E-state index in [1.165, 1.54) is 0 Å². The van der Waals surface area contributed by atoms with Crippen molar-refractivity contribution in [3.63, 3.8) is 0 Å². The molecule has 8 heteroatoms. The largest absolute Gasteiger partial charge is 0.471 e. The number of ether oxygens (including phenoxy) is 2. The average Bonchev–Trinajstić information content (AvgIpc) is 3.74. The summed E-state index contributed by atoms with van der Waals surface area (Å²) < 4.78 is 11.6. The Bertz CT molecular complexity index is 1360. The Morgan fingerprint density at radius 2 is 1.89 bits per heavy atom. The van der Waals surface area contributed by atoms with Crippen molar-refractivity contribution in [2.45, 2.75) is 69.9 Å². The zero-order valence-electron chi connectivity index (χ0n) is 20.6. The van der Waals surface area contributed by atoms with Crippen molar-refractivity contribution in [2.75, 3.05) is 11.9 Å². The lowest BCUT2D eigenvalue weighted by atomic mass is 9.85. The van der Waals surface area contributed by atoms with Crippen molar-refractivity contribution in [1.82, 2.24) is 15.0 Å². The first-order valence-corrected chi connectivity index (χ1v) is 12.3. The minimum absolute atomic E-state index is 0.151. The number of anilines is 2. The van der Waals surface area contributed by atoms with Crippen LogP contribution in [0, 0.1) is 5.92 Å². The molecule has 0 spiro atoms. The number of fused-ring (bicyclic) bond motifs is 2. The van der Waals surface area contributed by atoms with Gasteiger partial charge in [-0.25, -0.2) is 19.7 Å². The molecule has 8 nitrogen and oxygen atoms in total. The van der Waals surface area contributed by atoms with E-state index in [1.54, 1.807) is 18.3 Å². The van der Waals surface area contributed by atoms with E-state index in [2.05, 4.69) is 29.1 Å². The van der Waals surface area contributed by atoms with Gasteiger partial charge < -0.3 is 20.5 Å². The van der Waals surface area contributed by atoms with Gasteiger partial charge in [-0.3, -0.25) is 0 Å². The van der Waals surface area contributed by atoms with Crippen molar-refractivity contribution < 1.29 is 14.3 Å². The van der Waals surface area contributed by atoms with E-state index in [9.17, 15) is 4.79 Å². The lowest BCUT2D eigenvalue weighted by Crippen LogP contribution is -2.35. The molecule has 6 rings (SSSR count). The molecular weight excluding hydrogens is 442 g/mol. The summed E-state index contributed by atoms with van der Waals surface area (Å²) >= 11 is 0. The maximum absolute atomic E-state index is 12.2. The highest BCUT2D eigenvalue weighted by atomic mass is 16.5. The fraction of sp³-hybridized carbons (Fsp3) is 0.481. The van der Waals surface area contributed by atoms with Crippen LogP contribution in [0.15, 0.2) is 30.6 Å². The number of nitrogens with one attached hydrogen (secondary N) is 1. The second kappa shape index (κ2) is 7.37. The summed E-state index contributed by atoms with van der Waals surface area (Å²) in [6.45, 7) is 8.53. The van der Waals surface area contributed by atoms with E-state index in [0.29, 0.717) is 35.6 Å². The Morgan fingerprint density at radius 1 is 1.11 bits per heavy atom. The minimum Gasteiger partial charge on any atom is -0.471 e. The quantitative estimate of drug-likeness (QED) is 0.494. The second-order valence-corrected chi connectivity index (χ2v) is 11.4. The molecule has 3 aliphatic rings. The number of pyridine rings is 3. The highest BCUT2D eigenvalue weighted by Gasteiger charge is 2.43. The topological polar surface area (TPSA) is 112 Å². The van der Waals surface area contributed by atoms with Gasteiger partial charge in [-0.2, -0.15) is 0 Å². The van der Waals surface area contributed by atoms with E-state index in [1.807, 2.05) is 26.1 Å². The van der Waals surface area contributed by atoms with Crippen molar-refractivity contribution >= 4 is 28.4 Å². The van der Waals surface area contributed by atoms with E-state index >= 15 is 0 Å². The molecule has 0 saturated heterocycles. The van der Waals surface area contributed by atoms with E-state index in [0.717, 1.165) is 47.7 Å². The molecule has 0 aromatic carbocycles. The summed E-state index contributed by atoms with van der Waals surface area (Å²) in [5.41, 5.74) is 8.06. The van der Waals surface area contributed by atoms with Crippen LogP contribution >= 0.6 is 0 Å². The molecule has 0 radical (unpaired) electrons. The van der Waals surface area contributed by atoms with Gasteiger partial charge in [0.1, 0.15) is 23.8 Å². The Kier molecular flexibility index (Phi) is 4.68. The number of hydrogen-bond acceptors (Lipinski definition) is 8. The molecule has 4 heterocycles. The van der Waals surface area contributed by atoms with Crippen LogP contribution in [-0.2, 0) is 15.7 Å². The fourth-order valence-electron chi connectivity index (χ4n) is 4.84. The number of rotatable bonds is 6. The van der Waals surface area contributed by atoms with Crippen molar-refractivity contribution in [2.24, 2.45) is 11.7 Å². The van der Waals surface area contributed by atoms with Crippen molar-refractivity contribution in [1.29, 1.82) is 0 Å². The van der Waals surface area contributed by atoms with Gasteiger partial charge in [-0.1, -0.05) is 13.8 Å². The van der Waals surface area contributed by atoms with Crippen LogP contribution in [0.4, 0.5) is 11.6 Å². The van der Waals surface area contributed by atoms with Crippen LogP contribution in [0.25, 0.3) is 10.8 Å². The SMILES string of the molecule is CC1(Oc2ncc([C@](C)(N)C3CC3)c3cc(Nc4ccc5c(n4)C(C)(C)COC5=O)ncc23)CC1. The highest BCUT2D eigenvalue weighted by molar-refractivity contribution is 5.93. The first-order chi connectivity index (χ1) is 16.6. The zero-order valence-corrected chi connectivity index (χ0v) is 20.6. The monoisotopic (exact) mass is 473 g/mol. The van der Waals surface area contributed by atoms with E-state index in [-0.39, 0.29) is 17.0 Å². The maximum Gasteiger partial charge on any atom is 0.340 e. The number of hydrogen-bond donors (Lipinski definition) is 2. The van der Waals surface area contributed by atoms with Crippen LogP contribution < -0.4 is 15.8 Å². The van der Waals surface area contributed by atoms with E-state index < -0.39 is 5.54 Å². The molecule has 0 bridgehead atoms. The number of carbonyl (C=O) groups is 1. The number of aromatic nitrogens is 3. The molecule has 1 aliphatic heterocycles. The number of esters is 1. The number of nitrogens with zero attached hydrogens (tertiary/aromatic N) is 3. The fourth-order valence-corrected chi connectivity index (χ4v) is 4.84. The van der Waals surface area contributed by atoms with Gasteiger partial charge in [0, 0.05) is 23.3 Å². The molecule has 3 aromatic rings.